The van der Waals surface area contributed by atoms with Crippen LogP contribution in [0.25, 0.3) is 0 Å². The van der Waals surface area contributed by atoms with Crippen LogP contribution in [0.5, 0.6) is 5.75 Å². The van der Waals surface area contributed by atoms with Crippen molar-refractivity contribution in [1.82, 2.24) is 4.72 Å². The third-order valence-electron chi connectivity index (χ3n) is 3.73. The van der Waals surface area contributed by atoms with E-state index in [1.54, 1.807) is 0 Å². The van der Waals surface area contributed by atoms with Gasteiger partial charge in [-0.2, -0.15) is 0 Å². The molecule has 0 amide bonds. The minimum Gasteiger partial charge on any atom is -0.486 e. The minimum absolute atomic E-state index is 0.170. The summed E-state index contributed by atoms with van der Waals surface area (Å²) >= 11 is 0. The highest BCUT2D eigenvalue weighted by atomic mass is 32.2. The van der Waals surface area contributed by atoms with E-state index >= 15 is 0 Å². The number of nitrogens with one attached hydrogen (secondary N) is 1. The van der Waals surface area contributed by atoms with Crippen molar-refractivity contribution in [3.63, 3.8) is 0 Å². The van der Waals surface area contributed by atoms with Crippen molar-refractivity contribution in [3.05, 3.63) is 29.8 Å². The van der Waals surface area contributed by atoms with Gasteiger partial charge in [-0.25, -0.2) is 13.1 Å². The van der Waals surface area contributed by atoms with Crippen LogP contribution >= 0.6 is 0 Å². The molecule has 0 radical (unpaired) electrons. The molecule has 0 aromatic heterocycles. The first kappa shape index (κ1) is 16.8. The lowest BCUT2D eigenvalue weighted by Gasteiger charge is -2.40. The summed E-state index contributed by atoms with van der Waals surface area (Å²) in [6.07, 6.45) is 0.372. The standard InChI is InChI=1S/C15H21NO5S/c1-15(2)13(10-11-6-4-5-7-12(11)21-15)16-22(18,19)9-8-14(17)20-3/h4-7,13,16H,8-10H2,1-3H3. The molecular formula is C15H21NO5S. The van der Waals surface area contributed by atoms with Gasteiger partial charge in [0.2, 0.25) is 10.0 Å². The molecule has 1 unspecified atom stereocenters. The van der Waals surface area contributed by atoms with E-state index in [4.69, 9.17) is 4.74 Å². The number of para-hydroxylation sites is 1. The third kappa shape index (κ3) is 3.98. The van der Waals surface area contributed by atoms with Crippen LogP contribution in [-0.4, -0.2) is 38.9 Å². The predicted octanol–water partition coefficient (Wildman–Crippen LogP) is 1.25. The number of fused-ring (bicyclic) bond motifs is 1. The Morgan fingerprint density at radius 3 is 2.77 bits per heavy atom. The summed E-state index contributed by atoms with van der Waals surface area (Å²) in [6, 6.07) is 7.17. The van der Waals surface area contributed by atoms with Gasteiger partial charge < -0.3 is 9.47 Å². The lowest BCUT2D eigenvalue weighted by atomic mass is 9.89. The highest BCUT2D eigenvalue weighted by Gasteiger charge is 2.39. The van der Waals surface area contributed by atoms with Gasteiger partial charge in [-0.1, -0.05) is 18.2 Å². The second-order valence-electron chi connectivity index (χ2n) is 5.83. The quantitative estimate of drug-likeness (QED) is 0.823. The molecule has 1 atom stereocenters. The van der Waals surface area contributed by atoms with Gasteiger partial charge in [-0.05, 0) is 31.9 Å². The normalized spacial score (nSPS) is 19.9. The van der Waals surface area contributed by atoms with E-state index in [9.17, 15) is 13.2 Å². The van der Waals surface area contributed by atoms with Crippen LogP contribution in [0.2, 0.25) is 0 Å². The number of carbonyl (C=O) groups is 1. The fourth-order valence-electron chi connectivity index (χ4n) is 2.37. The van der Waals surface area contributed by atoms with Gasteiger partial charge >= 0.3 is 5.97 Å². The number of methoxy groups -OCH3 is 1. The van der Waals surface area contributed by atoms with Gasteiger partial charge in [0.15, 0.2) is 0 Å². The van der Waals surface area contributed by atoms with Crippen molar-refractivity contribution < 1.29 is 22.7 Å². The summed E-state index contributed by atoms with van der Waals surface area (Å²) in [5.74, 6) is -0.0687. The lowest BCUT2D eigenvalue weighted by Crippen LogP contribution is -2.56. The molecule has 0 spiro atoms. The number of sulfonamides is 1. The van der Waals surface area contributed by atoms with E-state index < -0.39 is 27.6 Å². The SMILES string of the molecule is COC(=O)CCS(=O)(=O)NC1Cc2ccccc2OC1(C)C. The second-order valence-corrected chi connectivity index (χ2v) is 7.71. The Morgan fingerprint density at radius 2 is 2.09 bits per heavy atom. The first-order valence-corrected chi connectivity index (χ1v) is 8.72. The highest BCUT2D eigenvalue weighted by molar-refractivity contribution is 7.89. The molecule has 0 bridgehead atoms. The second kappa shape index (κ2) is 6.26. The maximum Gasteiger partial charge on any atom is 0.306 e. The summed E-state index contributed by atoms with van der Waals surface area (Å²) in [5, 5.41) is 0. The van der Waals surface area contributed by atoms with Crippen molar-refractivity contribution in [2.24, 2.45) is 0 Å². The molecule has 0 saturated heterocycles. The number of hydrogen-bond donors (Lipinski definition) is 1. The van der Waals surface area contributed by atoms with Crippen LogP contribution in [0, 0.1) is 0 Å². The molecular weight excluding hydrogens is 306 g/mol. The molecule has 1 aromatic carbocycles. The average Bonchev–Trinajstić information content (AvgIpc) is 2.45. The Hall–Kier alpha value is -1.60. The fourth-order valence-corrected chi connectivity index (χ4v) is 3.73. The molecule has 1 aliphatic rings. The monoisotopic (exact) mass is 327 g/mol. The molecule has 6 nitrogen and oxygen atoms in total. The zero-order valence-corrected chi connectivity index (χ0v) is 13.8. The van der Waals surface area contributed by atoms with Gasteiger partial charge in [0.1, 0.15) is 11.4 Å². The molecule has 1 heterocycles. The minimum atomic E-state index is -3.59. The number of rotatable bonds is 5. The van der Waals surface area contributed by atoms with Gasteiger partial charge in [-0.3, -0.25) is 4.79 Å². The zero-order valence-electron chi connectivity index (χ0n) is 13.0. The van der Waals surface area contributed by atoms with Crippen molar-refractivity contribution in [1.29, 1.82) is 0 Å². The van der Waals surface area contributed by atoms with Crippen LogP contribution in [0.1, 0.15) is 25.8 Å². The Balaban J connectivity index is 2.10. The van der Waals surface area contributed by atoms with E-state index in [0.29, 0.717) is 6.42 Å². The van der Waals surface area contributed by atoms with Gasteiger partial charge in [0.05, 0.1) is 25.3 Å². The van der Waals surface area contributed by atoms with Gasteiger partial charge in [-0.15, -0.1) is 0 Å². The molecule has 0 saturated carbocycles. The number of benzene rings is 1. The van der Waals surface area contributed by atoms with Crippen LogP contribution in [0.15, 0.2) is 24.3 Å². The van der Waals surface area contributed by atoms with Crippen molar-refractivity contribution in [3.8, 4) is 5.75 Å². The summed E-state index contributed by atoms with van der Waals surface area (Å²) in [6.45, 7) is 3.69. The van der Waals surface area contributed by atoms with Crippen molar-refractivity contribution >= 4 is 16.0 Å². The van der Waals surface area contributed by atoms with Crippen LogP contribution in [0.3, 0.4) is 0 Å². The van der Waals surface area contributed by atoms with Gasteiger partial charge in [0, 0.05) is 0 Å². The Kier molecular flexibility index (Phi) is 4.77. The van der Waals surface area contributed by atoms with E-state index in [1.165, 1.54) is 7.11 Å². The van der Waals surface area contributed by atoms with Crippen molar-refractivity contribution in [2.75, 3.05) is 12.9 Å². The summed E-state index contributed by atoms with van der Waals surface area (Å²) in [5.41, 5.74) is 0.287. The Labute approximate surface area is 130 Å². The number of ether oxygens (including phenoxy) is 2. The first-order valence-electron chi connectivity index (χ1n) is 7.07. The number of carbonyl (C=O) groups excluding carboxylic acids is 1. The summed E-state index contributed by atoms with van der Waals surface area (Å²) < 4.78 is 37.3. The molecule has 2 rings (SSSR count). The summed E-state index contributed by atoms with van der Waals surface area (Å²) in [4.78, 5) is 11.1. The molecule has 122 valence electrons. The maximum atomic E-state index is 12.1. The van der Waals surface area contributed by atoms with Crippen LogP contribution in [-0.2, 0) is 26.0 Å². The molecule has 1 N–H and O–H groups in total. The van der Waals surface area contributed by atoms with Gasteiger partial charge in [0.25, 0.3) is 0 Å². The molecule has 0 aliphatic carbocycles. The van der Waals surface area contributed by atoms with Crippen molar-refractivity contribution in [2.45, 2.75) is 38.3 Å². The van der Waals surface area contributed by atoms with E-state index in [0.717, 1.165) is 11.3 Å². The van der Waals surface area contributed by atoms with Crippen LogP contribution < -0.4 is 9.46 Å². The van der Waals surface area contributed by atoms with E-state index in [2.05, 4.69) is 9.46 Å². The maximum absolute atomic E-state index is 12.1. The average molecular weight is 327 g/mol. The van der Waals surface area contributed by atoms with E-state index in [1.807, 2.05) is 38.1 Å². The first-order chi connectivity index (χ1) is 10.2. The Bertz CT molecular complexity index is 654. The fraction of sp³-hybridized carbons (Fsp3) is 0.533. The lowest BCUT2D eigenvalue weighted by molar-refractivity contribution is -0.140. The molecule has 22 heavy (non-hydrogen) atoms. The third-order valence-corrected chi connectivity index (χ3v) is 5.12. The predicted molar refractivity (Wildman–Crippen MR) is 82.2 cm³/mol. The number of hydrogen-bond acceptors (Lipinski definition) is 5. The summed E-state index contributed by atoms with van der Waals surface area (Å²) in [7, 11) is -2.36. The molecule has 1 aliphatic heterocycles. The molecule has 0 fully saturated rings. The van der Waals surface area contributed by atoms with E-state index in [-0.39, 0.29) is 12.2 Å². The highest BCUT2D eigenvalue weighted by Crippen LogP contribution is 2.33. The topological polar surface area (TPSA) is 81.7 Å². The largest absolute Gasteiger partial charge is 0.486 e. The molecule has 7 heteroatoms. The number of esters is 1. The smallest absolute Gasteiger partial charge is 0.306 e. The molecule has 1 aromatic rings. The zero-order chi connectivity index (χ0) is 16.4. The Morgan fingerprint density at radius 1 is 1.41 bits per heavy atom. The van der Waals surface area contributed by atoms with Crippen LogP contribution in [0.4, 0.5) is 0 Å².